The van der Waals surface area contributed by atoms with Gasteiger partial charge in [-0.15, -0.1) is 0 Å². The van der Waals surface area contributed by atoms with Gasteiger partial charge in [-0.05, 0) is 51.0 Å². The van der Waals surface area contributed by atoms with Crippen molar-refractivity contribution in [3.05, 3.63) is 29.8 Å². The average molecular weight is 404 g/mol. The molecule has 6 nitrogen and oxygen atoms in total. The Kier molecular flexibility index (Phi) is 8.62. The highest BCUT2D eigenvalue weighted by atomic mass is 16.5. The Hall–Kier alpha value is -1.79. The molecule has 1 aliphatic carbocycles. The maximum atomic E-state index is 5.85. The van der Waals surface area contributed by atoms with E-state index < -0.39 is 0 Å². The highest BCUT2D eigenvalue weighted by molar-refractivity contribution is 5.79. The fourth-order valence-corrected chi connectivity index (χ4v) is 3.86. The number of para-hydroxylation sites is 1. The van der Waals surface area contributed by atoms with E-state index in [4.69, 9.17) is 19.2 Å². The molecule has 1 saturated carbocycles. The van der Waals surface area contributed by atoms with E-state index >= 15 is 0 Å². The second-order valence-electron chi connectivity index (χ2n) is 8.09. The van der Waals surface area contributed by atoms with Gasteiger partial charge in [0.25, 0.3) is 0 Å². The fourth-order valence-electron chi connectivity index (χ4n) is 3.86. The van der Waals surface area contributed by atoms with Crippen molar-refractivity contribution in [1.82, 2.24) is 10.6 Å². The predicted molar refractivity (Wildman–Crippen MR) is 117 cm³/mol. The van der Waals surface area contributed by atoms with E-state index in [1.807, 2.05) is 12.1 Å². The lowest BCUT2D eigenvalue weighted by atomic mass is 9.95. The fraction of sp³-hybridized carbons (Fsp3) is 0.696. The van der Waals surface area contributed by atoms with Crippen LogP contribution in [0.2, 0.25) is 0 Å². The number of ether oxygens (including phenoxy) is 3. The number of nitrogens with zero attached hydrogens (tertiary/aromatic N) is 1. The average Bonchev–Trinajstić information content (AvgIpc) is 3.56. The molecule has 0 aromatic heterocycles. The van der Waals surface area contributed by atoms with Crippen LogP contribution in [0.15, 0.2) is 29.3 Å². The zero-order valence-electron chi connectivity index (χ0n) is 18.0. The van der Waals surface area contributed by atoms with Crippen LogP contribution in [-0.4, -0.2) is 59.1 Å². The van der Waals surface area contributed by atoms with Gasteiger partial charge in [0.1, 0.15) is 5.75 Å². The highest BCUT2D eigenvalue weighted by Gasteiger charge is 2.46. The Bertz CT molecular complexity index is 640. The number of benzene rings is 1. The van der Waals surface area contributed by atoms with Gasteiger partial charge in [0.15, 0.2) is 5.96 Å². The normalized spacial score (nSPS) is 19.0. The molecule has 1 heterocycles. The van der Waals surface area contributed by atoms with E-state index in [-0.39, 0.29) is 5.41 Å². The highest BCUT2D eigenvalue weighted by Crippen LogP contribution is 2.51. The third-order valence-corrected chi connectivity index (χ3v) is 5.87. The Labute approximate surface area is 175 Å². The van der Waals surface area contributed by atoms with E-state index in [9.17, 15) is 0 Å². The third kappa shape index (κ3) is 6.61. The molecular formula is C23H37N3O3. The summed E-state index contributed by atoms with van der Waals surface area (Å²) in [6, 6.07) is 8.34. The van der Waals surface area contributed by atoms with Crippen LogP contribution in [0.4, 0.5) is 0 Å². The molecule has 0 atom stereocenters. The van der Waals surface area contributed by atoms with Crippen LogP contribution in [0.25, 0.3) is 0 Å². The third-order valence-electron chi connectivity index (χ3n) is 5.87. The number of guanidine groups is 1. The standard InChI is InChI=1S/C23H37N3O3/c1-3-24-22(25-13-6-14-29-17-19-9-15-28-16-10-19)26-18-23(11-12-23)20-7-4-5-8-21(20)27-2/h4-5,7-8,19H,3,6,9-18H2,1-2H3,(H2,24,25,26). The lowest BCUT2D eigenvalue weighted by molar-refractivity contribution is 0.0203. The minimum Gasteiger partial charge on any atom is -0.496 e. The summed E-state index contributed by atoms with van der Waals surface area (Å²) in [4.78, 5) is 4.87. The van der Waals surface area contributed by atoms with Gasteiger partial charge in [-0.25, -0.2) is 0 Å². The molecule has 1 saturated heterocycles. The molecule has 2 aliphatic rings. The summed E-state index contributed by atoms with van der Waals surface area (Å²) in [5, 5.41) is 6.81. The number of rotatable bonds is 11. The van der Waals surface area contributed by atoms with Crippen LogP contribution in [0.3, 0.4) is 0 Å². The molecule has 3 rings (SSSR count). The van der Waals surface area contributed by atoms with Crippen molar-refractivity contribution < 1.29 is 14.2 Å². The Morgan fingerprint density at radius 3 is 2.72 bits per heavy atom. The van der Waals surface area contributed by atoms with E-state index in [1.54, 1.807) is 7.11 Å². The molecule has 0 bridgehead atoms. The van der Waals surface area contributed by atoms with Gasteiger partial charge in [0.05, 0.1) is 13.7 Å². The molecule has 162 valence electrons. The first-order chi connectivity index (χ1) is 14.3. The zero-order valence-corrected chi connectivity index (χ0v) is 18.0. The van der Waals surface area contributed by atoms with Gasteiger partial charge in [-0.1, -0.05) is 18.2 Å². The van der Waals surface area contributed by atoms with Crippen LogP contribution >= 0.6 is 0 Å². The number of nitrogens with one attached hydrogen (secondary N) is 2. The Morgan fingerprint density at radius 1 is 1.21 bits per heavy atom. The molecule has 29 heavy (non-hydrogen) atoms. The van der Waals surface area contributed by atoms with Gasteiger partial charge in [-0.2, -0.15) is 0 Å². The largest absolute Gasteiger partial charge is 0.496 e. The van der Waals surface area contributed by atoms with E-state index in [0.29, 0.717) is 5.92 Å². The van der Waals surface area contributed by atoms with Crippen LogP contribution in [0.1, 0.15) is 44.6 Å². The SMILES string of the molecule is CCNC(=NCC1(c2ccccc2OC)CC1)NCCCOCC1CCOCC1. The number of aliphatic imine (C=N–C) groups is 1. The molecule has 0 spiro atoms. The van der Waals surface area contributed by atoms with Gasteiger partial charge >= 0.3 is 0 Å². The summed E-state index contributed by atoms with van der Waals surface area (Å²) in [7, 11) is 1.74. The minimum absolute atomic E-state index is 0.127. The smallest absolute Gasteiger partial charge is 0.191 e. The molecule has 6 heteroatoms. The molecule has 0 unspecified atom stereocenters. The predicted octanol–water partition coefficient (Wildman–Crippen LogP) is 3.12. The van der Waals surface area contributed by atoms with Crippen molar-refractivity contribution in [3.63, 3.8) is 0 Å². The van der Waals surface area contributed by atoms with Crippen molar-refractivity contribution in [2.75, 3.05) is 53.2 Å². The van der Waals surface area contributed by atoms with Gasteiger partial charge < -0.3 is 24.8 Å². The molecule has 0 radical (unpaired) electrons. The van der Waals surface area contributed by atoms with Crippen LogP contribution in [-0.2, 0) is 14.9 Å². The number of hydrogen-bond donors (Lipinski definition) is 2. The van der Waals surface area contributed by atoms with E-state index in [2.05, 4.69) is 29.7 Å². The summed E-state index contributed by atoms with van der Waals surface area (Å²) < 4.78 is 16.8. The lowest BCUT2D eigenvalue weighted by Gasteiger charge is -2.21. The summed E-state index contributed by atoms with van der Waals surface area (Å²) in [5.41, 5.74) is 1.41. The first-order valence-corrected chi connectivity index (χ1v) is 11.1. The van der Waals surface area contributed by atoms with Gasteiger partial charge in [0, 0.05) is 50.5 Å². The summed E-state index contributed by atoms with van der Waals surface area (Å²) in [5.74, 6) is 2.53. The van der Waals surface area contributed by atoms with Crippen molar-refractivity contribution in [1.29, 1.82) is 0 Å². The topological polar surface area (TPSA) is 64.1 Å². The zero-order chi connectivity index (χ0) is 20.4. The van der Waals surface area contributed by atoms with Crippen LogP contribution in [0.5, 0.6) is 5.75 Å². The molecule has 0 amide bonds. The van der Waals surface area contributed by atoms with Crippen molar-refractivity contribution in [2.45, 2.75) is 44.4 Å². The van der Waals surface area contributed by atoms with Gasteiger partial charge in [-0.3, -0.25) is 4.99 Å². The maximum Gasteiger partial charge on any atom is 0.191 e. The summed E-state index contributed by atoms with van der Waals surface area (Å²) in [6.45, 7) is 8.01. The van der Waals surface area contributed by atoms with Crippen molar-refractivity contribution >= 4 is 5.96 Å². The number of methoxy groups -OCH3 is 1. The Balaban J connectivity index is 1.41. The lowest BCUT2D eigenvalue weighted by Crippen LogP contribution is -2.38. The van der Waals surface area contributed by atoms with Gasteiger partial charge in [0.2, 0.25) is 0 Å². The molecular weight excluding hydrogens is 366 g/mol. The van der Waals surface area contributed by atoms with Crippen LogP contribution in [0, 0.1) is 5.92 Å². The molecule has 2 fully saturated rings. The quantitative estimate of drug-likeness (QED) is 0.338. The second kappa shape index (κ2) is 11.4. The van der Waals surface area contributed by atoms with E-state index in [1.165, 1.54) is 5.56 Å². The molecule has 2 N–H and O–H groups in total. The van der Waals surface area contributed by atoms with Crippen LogP contribution < -0.4 is 15.4 Å². The second-order valence-corrected chi connectivity index (χ2v) is 8.09. The summed E-state index contributed by atoms with van der Waals surface area (Å²) in [6.07, 6.45) is 5.56. The molecule has 1 aromatic carbocycles. The minimum atomic E-state index is 0.127. The van der Waals surface area contributed by atoms with Crippen molar-refractivity contribution in [2.24, 2.45) is 10.9 Å². The monoisotopic (exact) mass is 403 g/mol. The maximum absolute atomic E-state index is 5.85. The van der Waals surface area contributed by atoms with E-state index in [0.717, 1.165) is 89.9 Å². The first kappa shape index (κ1) is 21.9. The number of hydrogen-bond acceptors (Lipinski definition) is 4. The first-order valence-electron chi connectivity index (χ1n) is 11.1. The molecule has 1 aliphatic heterocycles. The summed E-state index contributed by atoms with van der Waals surface area (Å²) >= 11 is 0. The van der Waals surface area contributed by atoms with Crippen molar-refractivity contribution in [3.8, 4) is 5.75 Å². The Morgan fingerprint density at radius 2 is 2.00 bits per heavy atom. The molecule has 1 aromatic rings.